The number of carboxylic acids is 1. The van der Waals surface area contributed by atoms with Gasteiger partial charge in [-0.15, -0.1) is 0 Å². The fourth-order valence-corrected chi connectivity index (χ4v) is 0.918. The Morgan fingerprint density at radius 2 is 1.64 bits per heavy atom. The van der Waals surface area contributed by atoms with Crippen LogP contribution in [0.3, 0.4) is 0 Å². The smallest absolute Gasteiger partial charge is 0.335 e. The van der Waals surface area contributed by atoms with E-state index in [0.717, 1.165) is 6.92 Å². The molecule has 0 heterocycles. The highest BCUT2D eigenvalue weighted by Crippen LogP contribution is 2.19. The number of hydrogen-bond acceptors (Lipinski definition) is 3. The molecule has 0 fully saturated rings. The Kier molecular flexibility index (Phi) is 2.64. The summed E-state index contributed by atoms with van der Waals surface area (Å²) in [4.78, 5) is 10.3. The summed E-state index contributed by atoms with van der Waals surface area (Å²) in [6.07, 6.45) is -0.185. The molecule has 1 atom stereocenters. The molecule has 3 N–H and O–H groups in total. The third kappa shape index (κ3) is 3.95. The quantitative estimate of drug-likeness (QED) is 0.545. The van der Waals surface area contributed by atoms with E-state index < -0.39 is 17.2 Å². The van der Waals surface area contributed by atoms with Gasteiger partial charge in [-0.05, 0) is 20.8 Å². The minimum Gasteiger partial charge on any atom is -0.479 e. The second kappa shape index (κ2) is 2.79. The van der Waals surface area contributed by atoms with Gasteiger partial charge in [-0.25, -0.2) is 4.79 Å². The molecule has 0 saturated heterocycles. The maximum absolute atomic E-state index is 10.3. The predicted molar refractivity (Wildman–Crippen MR) is 39.2 cm³/mol. The van der Waals surface area contributed by atoms with Gasteiger partial charge in [0.15, 0.2) is 5.60 Å². The molecule has 0 saturated carbocycles. The average Bonchev–Trinajstić information content (AvgIpc) is 1.56. The molecule has 1 unspecified atom stereocenters. The van der Waals surface area contributed by atoms with Crippen LogP contribution in [0.5, 0.6) is 0 Å². The van der Waals surface area contributed by atoms with Gasteiger partial charge in [0.2, 0.25) is 0 Å². The lowest BCUT2D eigenvalue weighted by Gasteiger charge is -2.26. The summed E-state index contributed by atoms with van der Waals surface area (Å²) in [6.45, 7) is 4.06. The second-order valence-corrected chi connectivity index (χ2v) is 3.57. The number of aliphatic hydroxyl groups is 2. The Morgan fingerprint density at radius 1 is 1.27 bits per heavy atom. The fraction of sp³-hybridized carbons (Fsp3) is 0.857. The Balaban J connectivity index is 4.25. The van der Waals surface area contributed by atoms with Crippen molar-refractivity contribution < 1.29 is 20.1 Å². The second-order valence-electron chi connectivity index (χ2n) is 3.57. The van der Waals surface area contributed by atoms with Crippen molar-refractivity contribution in [2.24, 2.45) is 0 Å². The van der Waals surface area contributed by atoms with Crippen LogP contribution >= 0.6 is 0 Å². The highest BCUT2D eigenvalue weighted by molar-refractivity contribution is 5.76. The van der Waals surface area contributed by atoms with Crippen molar-refractivity contribution in [3.63, 3.8) is 0 Å². The van der Waals surface area contributed by atoms with Crippen LogP contribution in [0.2, 0.25) is 0 Å². The van der Waals surface area contributed by atoms with E-state index in [1.54, 1.807) is 0 Å². The van der Waals surface area contributed by atoms with E-state index in [1.807, 2.05) is 0 Å². The molecule has 0 rings (SSSR count). The van der Waals surface area contributed by atoms with Crippen molar-refractivity contribution in [2.45, 2.75) is 38.4 Å². The monoisotopic (exact) mass is 162 g/mol. The lowest BCUT2D eigenvalue weighted by molar-refractivity contribution is -0.162. The molecule has 4 heteroatoms. The van der Waals surface area contributed by atoms with E-state index in [4.69, 9.17) is 10.2 Å². The van der Waals surface area contributed by atoms with Gasteiger partial charge in [-0.3, -0.25) is 0 Å². The van der Waals surface area contributed by atoms with Crippen molar-refractivity contribution in [1.29, 1.82) is 0 Å². The molecule has 0 spiro atoms. The van der Waals surface area contributed by atoms with Crippen LogP contribution < -0.4 is 0 Å². The Bertz CT molecular complexity index is 154. The topological polar surface area (TPSA) is 77.8 Å². The largest absolute Gasteiger partial charge is 0.479 e. The van der Waals surface area contributed by atoms with Gasteiger partial charge in [0.25, 0.3) is 0 Å². The zero-order chi connectivity index (χ0) is 9.28. The van der Waals surface area contributed by atoms with Crippen molar-refractivity contribution in [1.82, 2.24) is 0 Å². The molecule has 0 radical (unpaired) electrons. The first-order chi connectivity index (χ1) is 4.65. The number of carbonyl (C=O) groups is 1. The van der Waals surface area contributed by atoms with E-state index >= 15 is 0 Å². The molecular weight excluding hydrogens is 148 g/mol. The van der Waals surface area contributed by atoms with Gasteiger partial charge in [0.05, 0.1) is 5.60 Å². The lowest BCUT2D eigenvalue weighted by Crippen LogP contribution is -2.41. The minimum atomic E-state index is -1.85. The minimum absolute atomic E-state index is 0.185. The molecular formula is C7H14O4. The molecule has 0 aromatic heterocycles. The molecule has 4 nitrogen and oxygen atoms in total. The average molecular weight is 162 g/mol. The molecule has 11 heavy (non-hydrogen) atoms. The summed E-state index contributed by atoms with van der Waals surface area (Å²) < 4.78 is 0. The normalized spacial score (nSPS) is 17.5. The summed E-state index contributed by atoms with van der Waals surface area (Å²) in [5.41, 5.74) is -3.01. The van der Waals surface area contributed by atoms with E-state index in [2.05, 4.69) is 0 Å². The van der Waals surface area contributed by atoms with Crippen LogP contribution in [0, 0.1) is 0 Å². The molecule has 0 aliphatic heterocycles. The summed E-state index contributed by atoms with van der Waals surface area (Å²) in [5.74, 6) is -1.32. The van der Waals surface area contributed by atoms with Crippen molar-refractivity contribution in [2.75, 3.05) is 0 Å². The fourth-order valence-electron chi connectivity index (χ4n) is 0.918. The van der Waals surface area contributed by atoms with Gasteiger partial charge in [0.1, 0.15) is 0 Å². The highest BCUT2D eigenvalue weighted by atomic mass is 16.4. The van der Waals surface area contributed by atoms with Crippen LogP contribution in [-0.2, 0) is 4.79 Å². The summed E-state index contributed by atoms with van der Waals surface area (Å²) >= 11 is 0. The van der Waals surface area contributed by atoms with E-state index in [9.17, 15) is 9.90 Å². The molecule has 0 aliphatic rings. The van der Waals surface area contributed by atoms with Crippen molar-refractivity contribution in [3.05, 3.63) is 0 Å². The van der Waals surface area contributed by atoms with Crippen molar-refractivity contribution >= 4 is 5.97 Å². The van der Waals surface area contributed by atoms with E-state index in [-0.39, 0.29) is 6.42 Å². The van der Waals surface area contributed by atoms with Crippen molar-refractivity contribution in [3.8, 4) is 0 Å². The first kappa shape index (κ1) is 10.4. The molecule has 0 amide bonds. The molecule has 0 aliphatic carbocycles. The zero-order valence-electron chi connectivity index (χ0n) is 6.96. The van der Waals surface area contributed by atoms with Gasteiger partial charge in [-0.2, -0.15) is 0 Å². The van der Waals surface area contributed by atoms with Gasteiger partial charge >= 0.3 is 5.97 Å². The Morgan fingerprint density at radius 3 is 1.73 bits per heavy atom. The predicted octanol–water partition coefficient (Wildman–Crippen LogP) is -0.0170. The van der Waals surface area contributed by atoms with Gasteiger partial charge < -0.3 is 15.3 Å². The molecule has 0 aromatic rings. The summed E-state index contributed by atoms with van der Waals surface area (Å²) in [6, 6.07) is 0. The van der Waals surface area contributed by atoms with E-state index in [1.165, 1.54) is 13.8 Å². The maximum atomic E-state index is 10.3. The number of carboxylic acid groups (broad SMARTS) is 1. The molecule has 0 bridgehead atoms. The Labute approximate surface area is 65.5 Å². The number of aliphatic carboxylic acids is 1. The number of rotatable bonds is 3. The summed E-state index contributed by atoms with van der Waals surface area (Å²) in [7, 11) is 0. The molecule has 66 valence electrons. The van der Waals surface area contributed by atoms with Crippen LogP contribution in [0.1, 0.15) is 27.2 Å². The third-order valence-electron chi connectivity index (χ3n) is 1.24. The third-order valence-corrected chi connectivity index (χ3v) is 1.24. The van der Waals surface area contributed by atoms with Crippen LogP contribution in [-0.4, -0.2) is 32.5 Å². The van der Waals surface area contributed by atoms with Gasteiger partial charge in [-0.1, -0.05) is 0 Å². The maximum Gasteiger partial charge on any atom is 0.335 e. The van der Waals surface area contributed by atoms with Crippen LogP contribution in [0.4, 0.5) is 0 Å². The standard InChI is InChI=1S/C7H14O4/c1-6(2,10)4-7(3,11)5(8)9/h10-11H,4H2,1-3H3,(H,8,9). The van der Waals surface area contributed by atoms with E-state index in [0.29, 0.717) is 0 Å². The van der Waals surface area contributed by atoms with Crippen LogP contribution in [0.15, 0.2) is 0 Å². The lowest BCUT2D eigenvalue weighted by atomic mass is 9.91. The highest BCUT2D eigenvalue weighted by Gasteiger charge is 2.35. The van der Waals surface area contributed by atoms with Crippen LogP contribution in [0.25, 0.3) is 0 Å². The van der Waals surface area contributed by atoms with Gasteiger partial charge in [0, 0.05) is 6.42 Å². The SMILES string of the molecule is CC(C)(O)CC(C)(O)C(=O)O. The summed E-state index contributed by atoms with van der Waals surface area (Å²) in [5, 5.41) is 26.8. The first-order valence-corrected chi connectivity index (χ1v) is 3.33. The zero-order valence-corrected chi connectivity index (χ0v) is 6.96. The first-order valence-electron chi connectivity index (χ1n) is 3.33. The Hall–Kier alpha value is -0.610. The number of hydrogen-bond donors (Lipinski definition) is 3. The molecule has 0 aromatic carbocycles.